The van der Waals surface area contributed by atoms with Crippen LogP contribution in [0.1, 0.15) is 56.6 Å². The number of hydrogen-bond donors (Lipinski definition) is 0. The number of aliphatic imine (C=N–C) groups is 1. The van der Waals surface area contributed by atoms with Crippen molar-refractivity contribution in [2.75, 3.05) is 0 Å². The Labute approximate surface area is 131 Å². The number of nitrogens with zero attached hydrogens (tertiary/aromatic N) is 2. The van der Waals surface area contributed by atoms with Gasteiger partial charge in [0.25, 0.3) is 0 Å². The van der Waals surface area contributed by atoms with E-state index in [1.54, 1.807) is 6.92 Å². The third kappa shape index (κ3) is 2.57. The van der Waals surface area contributed by atoms with Crippen LogP contribution in [0.3, 0.4) is 0 Å². The Hall–Kier alpha value is -1.65. The Balaban J connectivity index is 2.65. The highest BCUT2D eigenvalue weighted by molar-refractivity contribution is 6.41. The van der Waals surface area contributed by atoms with E-state index in [-0.39, 0.29) is 0 Å². The lowest BCUT2D eigenvalue weighted by atomic mass is 10.0. The second-order valence-corrected chi connectivity index (χ2v) is 5.76. The summed E-state index contributed by atoms with van der Waals surface area (Å²) in [5.74, 6) is 0. The van der Waals surface area contributed by atoms with Gasteiger partial charge < -0.3 is 4.48 Å². The molecule has 0 fully saturated rings. The van der Waals surface area contributed by atoms with Gasteiger partial charge in [0.2, 0.25) is 0 Å². The molecule has 1 aromatic rings. The summed E-state index contributed by atoms with van der Waals surface area (Å²) >= 11 is 0. The molecule has 118 valence electrons. The summed E-state index contributed by atoms with van der Waals surface area (Å²) in [5.41, 5.74) is 7.27. The van der Waals surface area contributed by atoms with Crippen LogP contribution in [-0.2, 0) is 6.42 Å². The van der Waals surface area contributed by atoms with Crippen molar-refractivity contribution in [1.29, 1.82) is 0 Å². The zero-order valence-electron chi connectivity index (χ0n) is 14.2. The highest BCUT2D eigenvalue weighted by Crippen LogP contribution is 2.32. The maximum Gasteiger partial charge on any atom is 0.677 e. The first kappa shape index (κ1) is 16.7. The molecular weight excluding hydrogens is 281 g/mol. The molecule has 0 N–H and O–H groups in total. The summed E-state index contributed by atoms with van der Waals surface area (Å²) in [6.07, 6.45) is 3.48. The average molecular weight is 304 g/mol. The van der Waals surface area contributed by atoms with Crippen LogP contribution in [0.15, 0.2) is 21.8 Å². The molecule has 0 radical (unpaired) electrons. The van der Waals surface area contributed by atoms with E-state index >= 15 is 0 Å². The van der Waals surface area contributed by atoms with Gasteiger partial charge in [0.1, 0.15) is 0 Å². The van der Waals surface area contributed by atoms with E-state index in [0.717, 1.165) is 45.4 Å². The van der Waals surface area contributed by atoms with Gasteiger partial charge in [0.05, 0.1) is 5.70 Å². The van der Waals surface area contributed by atoms with Gasteiger partial charge in [-0.3, -0.25) is 13.6 Å². The minimum Gasteiger partial charge on any atom is -0.329 e. The van der Waals surface area contributed by atoms with Crippen LogP contribution in [0.2, 0.25) is 0 Å². The van der Waals surface area contributed by atoms with Crippen molar-refractivity contribution in [3.05, 3.63) is 39.4 Å². The monoisotopic (exact) mass is 304 g/mol. The molecule has 2 nitrogen and oxygen atoms in total. The van der Waals surface area contributed by atoms with Crippen molar-refractivity contribution in [2.24, 2.45) is 4.99 Å². The molecule has 1 aliphatic rings. The van der Waals surface area contributed by atoms with Crippen LogP contribution in [0, 0.1) is 13.8 Å². The second-order valence-electron chi connectivity index (χ2n) is 5.76. The number of halogens is 2. The Bertz CT molecular complexity index is 694. The Morgan fingerprint density at radius 1 is 1.09 bits per heavy atom. The Kier molecular flexibility index (Phi) is 4.73. The van der Waals surface area contributed by atoms with Crippen LogP contribution in [0.5, 0.6) is 0 Å². The standard InChI is InChI=1S/C17H23BF2N2/c1-7-14-10(3)16(21-12(14)5)9-17-11(4)15(8-2)13(6)22(17)18(19)20/h9H,7-8H2,1-6H3. The molecule has 1 aromatic heterocycles. The molecule has 0 atom stereocenters. The number of hydrogen-bond acceptors (Lipinski definition) is 1. The SMILES string of the molecule is CCC1=C(C)C(=Cc2c(C)c(CC)c(C)n2B(F)F)N=C1C. The lowest BCUT2D eigenvalue weighted by molar-refractivity contribution is 0.624. The predicted octanol–water partition coefficient (Wildman–Crippen LogP) is 4.98. The summed E-state index contributed by atoms with van der Waals surface area (Å²) in [5, 5.41) is 0. The van der Waals surface area contributed by atoms with Gasteiger partial charge in [-0.2, -0.15) is 0 Å². The molecule has 2 rings (SSSR count). The molecule has 0 unspecified atom stereocenters. The molecule has 0 bridgehead atoms. The number of rotatable bonds is 4. The third-order valence-electron chi connectivity index (χ3n) is 4.63. The van der Waals surface area contributed by atoms with Gasteiger partial charge in [-0.1, -0.05) is 13.8 Å². The molecule has 2 heterocycles. The minimum atomic E-state index is -2.53. The van der Waals surface area contributed by atoms with Gasteiger partial charge in [-0.15, -0.1) is 0 Å². The molecule has 0 aliphatic carbocycles. The van der Waals surface area contributed by atoms with Crippen molar-refractivity contribution in [3.63, 3.8) is 0 Å². The molecule has 0 saturated carbocycles. The summed E-state index contributed by atoms with van der Waals surface area (Å²) in [4.78, 5) is 4.57. The first-order chi connectivity index (χ1) is 10.3. The maximum absolute atomic E-state index is 13.5. The second kappa shape index (κ2) is 6.23. The van der Waals surface area contributed by atoms with E-state index in [2.05, 4.69) is 11.9 Å². The summed E-state index contributed by atoms with van der Waals surface area (Å²) < 4.78 is 28.1. The normalized spacial score (nSPS) is 16.7. The molecular formula is C17H23BF2N2. The van der Waals surface area contributed by atoms with Crippen LogP contribution in [0.4, 0.5) is 8.63 Å². The van der Waals surface area contributed by atoms with Gasteiger partial charge in [-0.25, -0.2) is 0 Å². The fourth-order valence-corrected chi connectivity index (χ4v) is 3.43. The fraction of sp³-hybridized carbons (Fsp3) is 0.471. The van der Waals surface area contributed by atoms with Gasteiger partial charge >= 0.3 is 7.40 Å². The van der Waals surface area contributed by atoms with E-state index in [0.29, 0.717) is 11.4 Å². The van der Waals surface area contributed by atoms with E-state index < -0.39 is 7.40 Å². The molecule has 0 saturated heterocycles. The molecule has 0 amide bonds. The van der Waals surface area contributed by atoms with Crippen LogP contribution < -0.4 is 0 Å². The van der Waals surface area contributed by atoms with Crippen LogP contribution >= 0.6 is 0 Å². The Morgan fingerprint density at radius 2 is 1.73 bits per heavy atom. The van der Waals surface area contributed by atoms with Crippen molar-refractivity contribution >= 4 is 19.2 Å². The zero-order valence-corrected chi connectivity index (χ0v) is 14.2. The van der Waals surface area contributed by atoms with Crippen molar-refractivity contribution in [2.45, 2.75) is 54.4 Å². The summed E-state index contributed by atoms with van der Waals surface area (Å²) in [7, 11) is -2.53. The summed E-state index contributed by atoms with van der Waals surface area (Å²) in [6, 6.07) is 0. The molecule has 0 aromatic carbocycles. The first-order valence-corrected chi connectivity index (χ1v) is 7.79. The highest BCUT2D eigenvalue weighted by Gasteiger charge is 2.27. The molecule has 22 heavy (non-hydrogen) atoms. The van der Waals surface area contributed by atoms with Gasteiger partial charge in [0, 0.05) is 17.1 Å². The third-order valence-corrected chi connectivity index (χ3v) is 4.63. The molecule has 0 spiro atoms. The average Bonchev–Trinajstić information content (AvgIpc) is 2.85. The van der Waals surface area contributed by atoms with E-state index in [4.69, 9.17) is 0 Å². The smallest absolute Gasteiger partial charge is 0.329 e. The zero-order chi connectivity index (χ0) is 16.6. The molecule has 5 heteroatoms. The van der Waals surface area contributed by atoms with Crippen molar-refractivity contribution in [3.8, 4) is 0 Å². The number of allylic oxidation sites excluding steroid dienone is 2. The fourth-order valence-electron chi connectivity index (χ4n) is 3.43. The number of aromatic nitrogens is 1. The van der Waals surface area contributed by atoms with E-state index in [1.165, 1.54) is 5.57 Å². The molecule has 1 aliphatic heterocycles. The van der Waals surface area contributed by atoms with Crippen LogP contribution in [-0.4, -0.2) is 17.6 Å². The van der Waals surface area contributed by atoms with Crippen molar-refractivity contribution in [1.82, 2.24) is 4.48 Å². The van der Waals surface area contributed by atoms with Gasteiger partial charge in [0.15, 0.2) is 0 Å². The largest absolute Gasteiger partial charge is 0.677 e. The van der Waals surface area contributed by atoms with Crippen molar-refractivity contribution < 1.29 is 8.63 Å². The Morgan fingerprint density at radius 3 is 2.18 bits per heavy atom. The maximum atomic E-state index is 13.5. The van der Waals surface area contributed by atoms with Gasteiger partial charge in [-0.05, 0) is 68.9 Å². The summed E-state index contributed by atoms with van der Waals surface area (Å²) in [6.45, 7) is 11.8. The lowest BCUT2D eigenvalue weighted by Crippen LogP contribution is -2.16. The first-order valence-electron chi connectivity index (χ1n) is 7.79. The van der Waals surface area contributed by atoms with E-state index in [1.807, 2.05) is 33.8 Å². The highest BCUT2D eigenvalue weighted by atomic mass is 19.2. The predicted molar refractivity (Wildman–Crippen MR) is 90.7 cm³/mol. The minimum absolute atomic E-state index is 0.576. The topological polar surface area (TPSA) is 17.3 Å². The quantitative estimate of drug-likeness (QED) is 0.698. The lowest BCUT2D eigenvalue weighted by Gasteiger charge is -2.07. The van der Waals surface area contributed by atoms with E-state index in [9.17, 15) is 8.63 Å². The van der Waals surface area contributed by atoms with Crippen LogP contribution in [0.25, 0.3) is 6.08 Å².